The van der Waals surface area contributed by atoms with Gasteiger partial charge in [-0.25, -0.2) is 4.98 Å². The fourth-order valence-electron chi connectivity index (χ4n) is 4.02. The first-order valence-corrected chi connectivity index (χ1v) is 9.38. The average molecular weight is 327 g/mol. The molecule has 1 aliphatic heterocycles. The van der Waals surface area contributed by atoms with Crippen molar-refractivity contribution < 1.29 is 4.79 Å². The summed E-state index contributed by atoms with van der Waals surface area (Å²) in [5, 5.41) is 2.77. The summed E-state index contributed by atoms with van der Waals surface area (Å²) in [7, 11) is 0. The largest absolute Gasteiger partial charge is 0.334 e. The van der Waals surface area contributed by atoms with Gasteiger partial charge < -0.3 is 4.90 Å². The number of fused-ring (bicyclic) bond motifs is 1. The Morgan fingerprint density at radius 1 is 1.22 bits per heavy atom. The van der Waals surface area contributed by atoms with Gasteiger partial charge in [0.05, 0.1) is 0 Å². The van der Waals surface area contributed by atoms with E-state index in [0.717, 1.165) is 30.0 Å². The van der Waals surface area contributed by atoms with Crippen molar-refractivity contribution in [1.82, 2.24) is 14.9 Å². The number of hydrogen-bond donors (Lipinski definition) is 0. The van der Waals surface area contributed by atoms with E-state index >= 15 is 0 Å². The molecule has 1 amide bonds. The highest BCUT2D eigenvalue weighted by molar-refractivity contribution is 7.13. The van der Waals surface area contributed by atoms with Crippen molar-refractivity contribution in [3.05, 3.63) is 35.6 Å². The summed E-state index contributed by atoms with van der Waals surface area (Å²) in [5.74, 6) is 0.825. The Labute approximate surface area is 140 Å². The standard InChI is InChI=1S/C18H21N3OS/c22-18(21-10-4-7-13-5-1-2-8-16(13)21)15-12-23-17(20-15)14-6-3-9-19-11-14/h3,6,9,11-13,16H,1-2,4-5,7-8,10H2. The van der Waals surface area contributed by atoms with Gasteiger partial charge in [0.1, 0.15) is 10.7 Å². The molecular formula is C18H21N3OS. The molecule has 1 aliphatic carbocycles. The summed E-state index contributed by atoms with van der Waals surface area (Å²) in [6, 6.07) is 4.32. The average Bonchev–Trinajstić information content (AvgIpc) is 3.11. The van der Waals surface area contributed by atoms with Gasteiger partial charge in [0.25, 0.3) is 5.91 Å². The SMILES string of the molecule is O=C(c1csc(-c2cccnc2)n1)N1CCCC2CCCCC21. The summed E-state index contributed by atoms with van der Waals surface area (Å²) in [4.78, 5) is 23.8. The Hall–Kier alpha value is -1.75. The van der Waals surface area contributed by atoms with Crippen LogP contribution in [0.25, 0.3) is 10.6 Å². The first-order valence-electron chi connectivity index (χ1n) is 8.50. The second kappa shape index (κ2) is 6.40. The number of amides is 1. The molecule has 2 atom stereocenters. The maximum Gasteiger partial charge on any atom is 0.273 e. The fraction of sp³-hybridized carbons (Fsp3) is 0.500. The molecule has 2 unspecified atom stereocenters. The predicted molar refractivity (Wildman–Crippen MR) is 91.4 cm³/mol. The lowest BCUT2D eigenvalue weighted by molar-refractivity contribution is 0.0386. The molecule has 2 fully saturated rings. The van der Waals surface area contributed by atoms with E-state index in [1.54, 1.807) is 12.4 Å². The van der Waals surface area contributed by atoms with Crippen molar-refractivity contribution >= 4 is 17.2 Å². The van der Waals surface area contributed by atoms with Crippen LogP contribution in [0.1, 0.15) is 49.0 Å². The van der Waals surface area contributed by atoms with Gasteiger partial charge in [-0.2, -0.15) is 0 Å². The zero-order chi connectivity index (χ0) is 15.6. The quantitative estimate of drug-likeness (QED) is 0.837. The van der Waals surface area contributed by atoms with E-state index in [2.05, 4.69) is 14.9 Å². The van der Waals surface area contributed by atoms with Crippen LogP contribution in [-0.2, 0) is 0 Å². The summed E-state index contributed by atoms with van der Waals surface area (Å²) < 4.78 is 0. The van der Waals surface area contributed by atoms with E-state index in [1.807, 2.05) is 17.5 Å². The molecule has 2 aromatic rings. The van der Waals surface area contributed by atoms with Gasteiger partial charge in [0.2, 0.25) is 0 Å². The third-order valence-electron chi connectivity index (χ3n) is 5.14. The third-order valence-corrected chi connectivity index (χ3v) is 6.03. The molecule has 4 nitrogen and oxygen atoms in total. The first-order chi connectivity index (χ1) is 11.3. The number of rotatable bonds is 2. The zero-order valence-corrected chi connectivity index (χ0v) is 14.0. The molecule has 0 N–H and O–H groups in total. The van der Waals surface area contributed by atoms with Crippen LogP contribution in [0.15, 0.2) is 29.9 Å². The third kappa shape index (κ3) is 2.90. The number of hydrogen-bond acceptors (Lipinski definition) is 4. The fourth-order valence-corrected chi connectivity index (χ4v) is 4.80. The highest BCUT2D eigenvalue weighted by Gasteiger charge is 2.36. The number of aromatic nitrogens is 2. The number of nitrogens with zero attached hydrogens (tertiary/aromatic N) is 3. The number of carbonyl (C=O) groups excluding carboxylic acids is 1. The van der Waals surface area contributed by atoms with Gasteiger partial charge in [-0.15, -0.1) is 11.3 Å². The Kier molecular flexibility index (Phi) is 4.12. The minimum Gasteiger partial charge on any atom is -0.334 e. The molecule has 3 heterocycles. The molecule has 2 aliphatic rings. The van der Waals surface area contributed by atoms with Gasteiger partial charge >= 0.3 is 0 Å². The van der Waals surface area contributed by atoms with Crippen LogP contribution in [0, 0.1) is 5.92 Å². The van der Waals surface area contributed by atoms with Crippen molar-refractivity contribution in [3.8, 4) is 10.6 Å². The van der Waals surface area contributed by atoms with Crippen LogP contribution >= 0.6 is 11.3 Å². The van der Waals surface area contributed by atoms with Crippen molar-refractivity contribution in [2.75, 3.05) is 6.54 Å². The molecule has 120 valence electrons. The Bertz CT molecular complexity index is 683. The Balaban J connectivity index is 1.56. The van der Waals surface area contributed by atoms with Crippen LogP contribution in [-0.4, -0.2) is 33.4 Å². The van der Waals surface area contributed by atoms with Crippen LogP contribution in [0.5, 0.6) is 0 Å². The Morgan fingerprint density at radius 3 is 2.96 bits per heavy atom. The van der Waals surface area contributed by atoms with Gasteiger partial charge in [-0.05, 0) is 43.7 Å². The van der Waals surface area contributed by atoms with E-state index in [0.29, 0.717) is 17.7 Å². The summed E-state index contributed by atoms with van der Waals surface area (Å²) >= 11 is 1.53. The van der Waals surface area contributed by atoms with Gasteiger partial charge in [-0.1, -0.05) is 12.8 Å². The van der Waals surface area contributed by atoms with Crippen LogP contribution in [0.4, 0.5) is 0 Å². The normalized spacial score (nSPS) is 24.3. The van der Waals surface area contributed by atoms with Crippen molar-refractivity contribution in [2.45, 2.75) is 44.6 Å². The number of carbonyl (C=O) groups is 1. The maximum atomic E-state index is 13.0. The molecule has 0 spiro atoms. The molecule has 1 saturated heterocycles. The van der Waals surface area contributed by atoms with E-state index in [-0.39, 0.29) is 5.91 Å². The molecule has 0 aromatic carbocycles. The highest BCUT2D eigenvalue weighted by Crippen LogP contribution is 2.36. The molecular weight excluding hydrogens is 306 g/mol. The lowest BCUT2D eigenvalue weighted by Gasteiger charge is -2.43. The van der Waals surface area contributed by atoms with Gasteiger partial charge in [-0.3, -0.25) is 9.78 Å². The monoisotopic (exact) mass is 327 g/mol. The Morgan fingerprint density at radius 2 is 2.09 bits per heavy atom. The van der Waals surface area contributed by atoms with Crippen LogP contribution in [0.2, 0.25) is 0 Å². The second-order valence-corrected chi connectivity index (χ2v) is 7.39. The summed E-state index contributed by atoms with van der Waals surface area (Å²) in [6.45, 7) is 0.889. The van der Waals surface area contributed by atoms with Crippen molar-refractivity contribution in [2.24, 2.45) is 5.92 Å². The number of pyridine rings is 1. The van der Waals surface area contributed by atoms with Crippen LogP contribution < -0.4 is 0 Å². The van der Waals surface area contributed by atoms with E-state index in [9.17, 15) is 4.79 Å². The van der Waals surface area contributed by atoms with Gasteiger partial charge in [0.15, 0.2) is 0 Å². The van der Waals surface area contributed by atoms with Crippen molar-refractivity contribution in [1.29, 1.82) is 0 Å². The molecule has 23 heavy (non-hydrogen) atoms. The minimum absolute atomic E-state index is 0.119. The molecule has 2 aromatic heterocycles. The molecule has 4 rings (SSSR count). The molecule has 0 bridgehead atoms. The molecule has 1 saturated carbocycles. The highest BCUT2D eigenvalue weighted by atomic mass is 32.1. The minimum atomic E-state index is 0.119. The lowest BCUT2D eigenvalue weighted by atomic mass is 9.78. The van der Waals surface area contributed by atoms with Crippen LogP contribution in [0.3, 0.4) is 0 Å². The maximum absolute atomic E-state index is 13.0. The second-order valence-electron chi connectivity index (χ2n) is 6.53. The molecule has 5 heteroatoms. The smallest absolute Gasteiger partial charge is 0.273 e. The van der Waals surface area contributed by atoms with E-state index in [4.69, 9.17) is 0 Å². The number of likely N-dealkylation sites (tertiary alicyclic amines) is 1. The molecule has 0 radical (unpaired) electrons. The summed E-state index contributed by atoms with van der Waals surface area (Å²) in [6.07, 6.45) is 11.0. The number of thiazole rings is 1. The number of piperidine rings is 1. The van der Waals surface area contributed by atoms with Gasteiger partial charge in [0, 0.05) is 35.9 Å². The lowest BCUT2D eigenvalue weighted by Crippen LogP contribution is -2.49. The first kappa shape index (κ1) is 14.8. The van der Waals surface area contributed by atoms with E-state index < -0.39 is 0 Å². The van der Waals surface area contributed by atoms with Crippen molar-refractivity contribution in [3.63, 3.8) is 0 Å². The topological polar surface area (TPSA) is 46.1 Å². The summed E-state index contributed by atoms with van der Waals surface area (Å²) in [5.41, 5.74) is 1.57. The predicted octanol–water partition coefficient (Wildman–Crippen LogP) is 4.00. The van der Waals surface area contributed by atoms with E-state index in [1.165, 1.54) is 37.0 Å². The zero-order valence-electron chi connectivity index (χ0n) is 13.1.